The van der Waals surface area contributed by atoms with Crippen LogP contribution in [0.25, 0.3) is 0 Å². The second-order valence-corrected chi connectivity index (χ2v) is 8.75. The van der Waals surface area contributed by atoms with Crippen molar-refractivity contribution in [2.45, 2.75) is 91.9 Å². The number of allylic oxidation sites excluding steroid dienone is 3. The Morgan fingerprint density at radius 2 is 1.54 bits per heavy atom. The molecule has 143 valence electrons. The van der Waals surface area contributed by atoms with Crippen molar-refractivity contribution in [2.75, 3.05) is 0 Å². The molecule has 2 unspecified atom stereocenters. The molecule has 0 saturated heterocycles. The van der Waals surface area contributed by atoms with Crippen LogP contribution in [0.1, 0.15) is 91.9 Å². The molecule has 0 aromatic rings. The Morgan fingerprint density at radius 1 is 1.00 bits per heavy atom. The Kier molecular flexibility index (Phi) is 7.98. The third-order valence-electron chi connectivity index (χ3n) is 6.99. The molecule has 1 fully saturated rings. The summed E-state index contributed by atoms with van der Waals surface area (Å²) in [5.74, 6) is 0.486. The predicted molar refractivity (Wildman–Crippen MR) is 106 cm³/mol. The van der Waals surface area contributed by atoms with Gasteiger partial charge in [0.25, 0.3) is 0 Å². The maximum absolute atomic E-state index is 13.4. The molecule has 0 aliphatic heterocycles. The van der Waals surface area contributed by atoms with Crippen LogP contribution in [-0.2, 0) is 25.5 Å². The fraction of sp³-hybridized carbons (Fsp3) is 0.696. The van der Waals surface area contributed by atoms with Gasteiger partial charge < -0.3 is 0 Å². The zero-order chi connectivity index (χ0) is 19.3. The summed E-state index contributed by atoms with van der Waals surface area (Å²) in [6, 6.07) is 0. The number of rotatable bonds is 2. The summed E-state index contributed by atoms with van der Waals surface area (Å²) in [5.41, 5.74) is 6.05. The van der Waals surface area contributed by atoms with E-state index in [0.29, 0.717) is 5.92 Å². The third kappa shape index (κ3) is 4.12. The Labute approximate surface area is 172 Å². The molecule has 26 heavy (non-hydrogen) atoms. The zero-order valence-corrected chi connectivity index (χ0v) is 18.8. The van der Waals surface area contributed by atoms with Crippen LogP contribution < -0.4 is 3.80 Å². The Balaban J connectivity index is 2.50. The SMILES string of the molecule is C=C1CCCCCCCCCCC1(C(=O)[NH][Ti])C1=C(C)C(C)=C(C)C1C. The molecule has 2 nitrogen and oxygen atoms in total. The molecule has 2 rings (SSSR count). The summed E-state index contributed by atoms with van der Waals surface area (Å²) in [6.45, 7) is 13.4. The van der Waals surface area contributed by atoms with Gasteiger partial charge in [0, 0.05) is 0 Å². The van der Waals surface area contributed by atoms with Gasteiger partial charge in [-0.25, -0.2) is 0 Å². The number of nitrogens with one attached hydrogen (secondary N) is 1. The fourth-order valence-electron chi connectivity index (χ4n) is 5.06. The quantitative estimate of drug-likeness (QED) is 0.434. The van der Waals surface area contributed by atoms with E-state index in [1.807, 2.05) is 0 Å². The van der Waals surface area contributed by atoms with Crippen LogP contribution in [-0.4, -0.2) is 5.91 Å². The predicted octanol–water partition coefficient (Wildman–Crippen LogP) is 6.32. The van der Waals surface area contributed by atoms with E-state index in [0.717, 1.165) is 31.3 Å². The number of hydrogen-bond donors (Lipinski definition) is 1. The van der Waals surface area contributed by atoms with Gasteiger partial charge in [0.15, 0.2) is 0 Å². The van der Waals surface area contributed by atoms with Gasteiger partial charge in [-0.05, 0) is 0 Å². The van der Waals surface area contributed by atoms with Crippen LogP contribution in [0.4, 0.5) is 0 Å². The molecule has 1 amide bonds. The van der Waals surface area contributed by atoms with Crippen LogP contribution in [0.15, 0.2) is 34.4 Å². The van der Waals surface area contributed by atoms with Gasteiger partial charge in [0.1, 0.15) is 0 Å². The van der Waals surface area contributed by atoms with Crippen LogP contribution in [0.2, 0.25) is 0 Å². The first-order valence-electron chi connectivity index (χ1n) is 10.4. The van der Waals surface area contributed by atoms with Crippen LogP contribution in [0.3, 0.4) is 0 Å². The number of carbonyl (C=O) groups excluding carboxylic acids is 1. The first-order chi connectivity index (χ1) is 12.4. The van der Waals surface area contributed by atoms with Crippen molar-refractivity contribution in [3.63, 3.8) is 0 Å². The van der Waals surface area contributed by atoms with E-state index < -0.39 is 5.41 Å². The molecule has 0 spiro atoms. The van der Waals surface area contributed by atoms with E-state index in [-0.39, 0.29) is 5.91 Å². The molecule has 1 N–H and O–H groups in total. The third-order valence-corrected chi connectivity index (χ3v) is 7.34. The molecule has 1 saturated carbocycles. The normalized spacial score (nSPS) is 29.3. The minimum atomic E-state index is -0.531. The zero-order valence-electron chi connectivity index (χ0n) is 17.3. The molecule has 0 aromatic carbocycles. The average Bonchev–Trinajstić information content (AvgIpc) is 2.82. The van der Waals surface area contributed by atoms with Crippen molar-refractivity contribution < 1.29 is 25.5 Å². The molecular weight excluding hydrogens is 354 g/mol. The molecule has 2 aliphatic carbocycles. The van der Waals surface area contributed by atoms with E-state index >= 15 is 0 Å². The first-order valence-corrected chi connectivity index (χ1v) is 11.2. The van der Waals surface area contributed by atoms with Crippen molar-refractivity contribution in [1.82, 2.24) is 3.80 Å². The van der Waals surface area contributed by atoms with Gasteiger partial charge in [0.2, 0.25) is 0 Å². The van der Waals surface area contributed by atoms with E-state index in [1.165, 1.54) is 60.8 Å². The van der Waals surface area contributed by atoms with Gasteiger partial charge in [-0.1, -0.05) is 0 Å². The van der Waals surface area contributed by atoms with Gasteiger partial charge in [-0.15, -0.1) is 0 Å². The molecule has 2 atom stereocenters. The molecule has 0 bridgehead atoms. The second kappa shape index (κ2) is 9.55. The van der Waals surface area contributed by atoms with Crippen molar-refractivity contribution >= 4 is 5.91 Å². The van der Waals surface area contributed by atoms with Crippen LogP contribution in [0, 0.1) is 11.3 Å². The molecule has 0 heterocycles. The van der Waals surface area contributed by atoms with Gasteiger partial charge >= 0.3 is 173 Å². The topological polar surface area (TPSA) is 29.1 Å². The fourth-order valence-corrected chi connectivity index (χ4v) is 5.39. The number of amides is 1. The van der Waals surface area contributed by atoms with E-state index in [4.69, 9.17) is 0 Å². The van der Waals surface area contributed by atoms with Crippen LogP contribution >= 0.6 is 0 Å². The Morgan fingerprint density at radius 3 is 2.04 bits per heavy atom. The van der Waals surface area contributed by atoms with E-state index in [2.05, 4.69) is 38.1 Å². The Bertz CT molecular complexity index is 616. The van der Waals surface area contributed by atoms with Crippen LogP contribution in [0.5, 0.6) is 0 Å². The summed E-state index contributed by atoms with van der Waals surface area (Å²) in [7, 11) is 0. The van der Waals surface area contributed by atoms with Crippen molar-refractivity contribution in [3.05, 3.63) is 34.4 Å². The van der Waals surface area contributed by atoms with Gasteiger partial charge in [-0.2, -0.15) is 0 Å². The number of carbonyl (C=O) groups is 1. The molecule has 3 heteroatoms. The summed E-state index contributed by atoms with van der Waals surface area (Å²) in [4.78, 5) is 13.4. The second-order valence-electron chi connectivity index (χ2n) is 8.36. The van der Waals surface area contributed by atoms with Crippen molar-refractivity contribution in [2.24, 2.45) is 11.3 Å². The summed E-state index contributed by atoms with van der Waals surface area (Å²) >= 11 is 1.79. The van der Waals surface area contributed by atoms with E-state index in [1.54, 1.807) is 20.7 Å². The van der Waals surface area contributed by atoms with Gasteiger partial charge in [0.05, 0.1) is 0 Å². The summed E-state index contributed by atoms with van der Waals surface area (Å²) in [6.07, 6.45) is 11.9. The monoisotopic (exact) mass is 390 g/mol. The first kappa shape index (κ1) is 21.7. The van der Waals surface area contributed by atoms with Crippen molar-refractivity contribution in [1.29, 1.82) is 0 Å². The maximum atomic E-state index is 13.4. The molecule has 0 radical (unpaired) electrons. The summed E-state index contributed by atoms with van der Waals surface area (Å²) in [5, 5.41) is 0. The van der Waals surface area contributed by atoms with E-state index in [9.17, 15) is 4.79 Å². The van der Waals surface area contributed by atoms with Gasteiger partial charge in [-0.3, -0.25) is 0 Å². The van der Waals surface area contributed by atoms with Crippen molar-refractivity contribution in [3.8, 4) is 0 Å². The standard InChI is InChI=1S/C23H37NO.Ti/c1-16-14-12-10-8-6-7-9-11-13-15-23(16,22(24)25)21-19(4)17(2)18(3)20(21)5;/h19H,1,6-15H2,2-5H3,(H2,24,25);/q;+1/p-1. The summed E-state index contributed by atoms with van der Waals surface area (Å²) < 4.78 is 3.01. The Hall–Kier alpha value is -0.596. The minimum absolute atomic E-state index is 0.156. The number of hydrogen-bond acceptors (Lipinski definition) is 1. The molecule has 0 aromatic heterocycles. The molecular formula is C23H36NOTi. The average molecular weight is 390 g/mol. The molecule has 2 aliphatic rings.